The van der Waals surface area contributed by atoms with Crippen molar-refractivity contribution in [2.24, 2.45) is 0 Å². The summed E-state index contributed by atoms with van der Waals surface area (Å²) in [6.45, 7) is 3.58. The Kier molecular flexibility index (Phi) is 4.40. The molecule has 1 aromatic carbocycles. The van der Waals surface area contributed by atoms with Crippen molar-refractivity contribution in [1.29, 1.82) is 0 Å². The summed E-state index contributed by atoms with van der Waals surface area (Å²) in [6.07, 6.45) is -4.21. The first kappa shape index (κ1) is 15.7. The number of rotatable bonds is 4. The summed E-state index contributed by atoms with van der Waals surface area (Å²) < 4.78 is 37.2. The van der Waals surface area contributed by atoms with Crippen LogP contribution in [0.5, 0.6) is 0 Å². The Morgan fingerprint density at radius 2 is 1.58 bits per heavy atom. The molecule has 0 atom stereocenters. The van der Waals surface area contributed by atoms with Gasteiger partial charge in [0.2, 0.25) is 0 Å². The lowest BCUT2D eigenvalue weighted by Gasteiger charge is -2.30. The first-order valence-corrected chi connectivity index (χ1v) is 5.92. The molecule has 0 unspecified atom stereocenters. The van der Waals surface area contributed by atoms with Crippen LogP contribution in [0.15, 0.2) is 24.3 Å². The number of hydrogen-bond donors (Lipinski definition) is 0. The summed E-state index contributed by atoms with van der Waals surface area (Å²) in [4.78, 5) is 13.9. The molecule has 0 amide bonds. The van der Waals surface area contributed by atoms with Crippen molar-refractivity contribution in [2.45, 2.75) is 32.0 Å². The lowest BCUT2D eigenvalue weighted by Crippen LogP contribution is -2.46. The van der Waals surface area contributed by atoms with E-state index >= 15 is 0 Å². The molecule has 0 saturated heterocycles. The molecule has 5 heteroatoms. The standard InChI is InChI=1S/C14H18F3NO/c1-13(2,18(3)4)12(19)9-10-5-7-11(8-6-10)14(15,16)17/h5-8H,9H2,1-4H3. The molecule has 0 bridgehead atoms. The fourth-order valence-electron chi connectivity index (χ4n) is 1.46. The van der Waals surface area contributed by atoms with Crippen LogP contribution in [0, 0.1) is 0 Å². The van der Waals surface area contributed by atoms with E-state index in [0.29, 0.717) is 5.56 Å². The maximum absolute atomic E-state index is 12.4. The van der Waals surface area contributed by atoms with E-state index in [1.165, 1.54) is 12.1 Å². The van der Waals surface area contributed by atoms with Crippen molar-refractivity contribution >= 4 is 5.78 Å². The second-order valence-electron chi connectivity index (χ2n) is 5.25. The maximum atomic E-state index is 12.4. The number of likely N-dealkylation sites (N-methyl/N-ethyl adjacent to an activating group) is 1. The number of Topliss-reactive ketones (excluding diaryl/α,β-unsaturated/α-hetero) is 1. The van der Waals surface area contributed by atoms with Crippen molar-refractivity contribution in [3.63, 3.8) is 0 Å². The minimum absolute atomic E-state index is 0.0303. The minimum atomic E-state index is -4.34. The van der Waals surface area contributed by atoms with E-state index < -0.39 is 17.3 Å². The van der Waals surface area contributed by atoms with Crippen LogP contribution in [-0.4, -0.2) is 30.3 Å². The number of carbonyl (C=O) groups is 1. The molecule has 0 aliphatic rings. The van der Waals surface area contributed by atoms with Gasteiger partial charge in [-0.3, -0.25) is 9.69 Å². The van der Waals surface area contributed by atoms with Crippen LogP contribution >= 0.6 is 0 Å². The third-order valence-electron chi connectivity index (χ3n) is 3.45. The number of nitrogens with zero attached hydrogens (tertiary/aromatic N) is 1. The molecule has 106 valence electrons. The molecule has 0 saturated carbocycles. The SMILES string of the molecule is CN(C)C(C)(C)C(=O)Cc1ccc(C(F)(F)F)cc1. The van der Waals surface area contributed by atoms with Crippen molar-refractivity contribution in [3.8, 4) is 0 Å². The summed E-state index contributed by atoms with van der Waals surface area (Å²) in [5.74, 6) is -0.0303. The predicted octanol–water partition coefficient (Wildman–Crippen LogP) is 3.16. The molecule has 1 aromatic rings. The zero-order valence-electron chi connectivity index (χ0n) is 11.5. The summed E-state index contributed by atoms with van der Waals surface area (Å²) in [6, 6.07) is 4.72. The molecule has 0 aliphatic heterocycles. The Bertz CT molecular complexity index is 447. The lowest BCUT2D eigenvalue weighted by atomic mass is 9.92. The van der Waals surface area contributed by atoms with Crippen LogP contribution in [-0.2, 0) is 17.4 Å². The Balaban J connectivity index is 2.82. The van der Waals surface area contributed by atoms with Crippen molar-refractivity contribution in [3.05, 3.63) is 35.4 Å². The van der Waals surface area contributed by atoms with Crippen molar-refractivity contribution in [1.82, 2.24) is 4.90 Å². The van der Waals surface area contributed by atoms with E-state index in [4.69, 9.17) is 0 Å². The van der Waals surface area contributed by atoms with Crippen LogP contribution in [0.3, 0.4) is 0 Å². The van der Waals surface area contributed by atoms with Crippen molar-refractivity contribution < 1.29 is 18.0 Å². The number of ketones is 1. The quantitative estimate of drug-likeness (QED) is 0.840. The highest BCUT2D eigenvalue weighted by molar-refractivity contribution is 5.89. The first-order valence-electron chi connectivity index (χ1n) is 5.92. The third-order valence-corrected chi connectivity index (χ3v) is 3.45. The zero-order chi connectivity index (χ0) is 14.8. The van der Waals surface area contributed by atoms with Gasteiger partial charge in [0, 0.05) is 6.42 Å². The Morgan fingerprint density at radius 1 is 1.11 bits per heavy atom. The van der Waals surface area contributed by atoms with Gasteiger partial charge in [0.05, 0.1) is 11.1 Å². The van der Waals surface area contributed by atoms with Gasteiger partial charge in [-0.05, 0) is 45.6 Å². The largest absolute Gasteiger partial charge is 0.416 e. The first-order chi connectivity index (χ1) is 8.55. The number of carbonyl (C=O) groups excluding carboxylic acids is 1. The number of alkyl halides is 3. The van der Waals surface area contributed by atoms with Crippen LogP contribution in [0.1, 0.15) is 25.0 Å². The van der Waals surface area contributed by atoms with E-state index in [2.05, 4.69) is 0 Å². The van der Waals surface area contributed by atoms with Gasteiger partial charge in [0.15, 0.2) is 5.78 Å². The summed E-state index contributed by atoms with van der Waals surface area (Å²) in [5, 5.41) is 0. The van der Waals surface area contributed by atoms with Gasteiger partial charge in [-0.1, -0.05) is 12.1 Å². The number of hydrogen-bond acceptors (Lipinski definition) is 2. The van der Waals surface area contributed by atoms with E-state index in [1.807, 2.05) is 0 Å². The summed E-state index contributed by atoms with van der Waals surface area (Å²) in [7, 11) is 3.59. The van der Waals surface area contributed by atoms with Gasteiger partial charge in [-0.25, -0.2) is 0 Å². The Morgan fingerprint density at radius 3 is 1.95 bits per heavy atom. The third kappa shape index (κ3) is 3.80. The topological polar surface area (TPSA) is 20.3 Å². The average molecular weight is 273 g/mol. The highest BCUT2D eigenvalue weighted by atomic mass is 19.4. The van der Waals surface area contributed by atoms with Gasteiger partial charge in [-0.2, -0.15) is 13.2 Å². The highest BCUT2D eigenvalue weighted by Crippen LogP contribution is 2.29. The van der Waals surface area contributed by atoms with E-state index in [9.17, 15) is 18.0 Å². The molecule has 19 heavy (non-hydrogen) atoms. The van der Waals surface area contributed by atoms with Gasteiger partial charge in [0.1, 0.15) is 0 Å². The molecular formula is C14H18F3NO. The monoisotopic (exact) mass is 273 g/mol. The Labute approximate surface area is 111 Å². The van der Waals surface area contributed by atoms with Crippen LogP contribution < -0.4 is 0 Å². The van der Waals surface area contributed by atoms with Gasteiger partial charge >= 0.3 is 6.18 Å². The smallest absolute Gasteiger partial charge is 0.298 e. The van der Waals surface area contributed by atoms with Crippen LogP contribution in [0.2, 0.25) is 0 Å². The molecule has 0 aromatic heterocycles. The molecule has 0 heterocycles. The van der Waals surface area contributed by atoms with E-state index in [0.717, 1.165) is 12.1 Å². The second kappa shape index (κ2) is 5.33. The number of halogens is 3. The highest BCUT2D eigenvalue weighted by Gasteiger charge is 2.31. The molecular weight excluding hydrogens is 255 g/mol. The molecule has 0 fully saturated rings. The van der Waals surface area contributed by atoms with E-state index in [-0.39, 0.29) is 12.2 Å². The minimum Gasteiger partial charge on any atom is -0.298 e. The lowest BCUT2D eigenvalue weighted by molar-refractivity contribution is -0.137. The maximum Gasteiger partial charge on any atom is 0.416 e. The van der Waals surface area contributed by atoms with Gasteiger partial charge in [-0.15, -0.1) is 0 Å². The molecule has 0 radical (unpaired) electrons. The molecule has 0 N–H and O–H groups in total. The Hall–Kier alpha value is -1.36. The van der Waals surface area contributed by atoms with Crippen LogP contribution in [0.25, 0.3) is 0 Å². The fourth-order valence-corrected chi connectivity index (χ4v) is 1.46. The molecule has 1 rings (SSSR count). The second-order valence-corrected chi connectivity index (χ2v) is 5.25. The predicted molar refractivity (Wildman–Crippen MR) is 67.9 cm³/mol. The van der Waals surface area contributed by atoms with Gasteiger partial charge < -0.3 is 0 Å². The summed E-state index contributed by atoms with van der Waals surface area (Å²) >= 11 is 0. The summed E-state index contributed by atoms with van der Waals surface area (Å²) in [5.41, 5.74) is -0.744. The normalized spacial score (nSPS) is 12.8. The van der Waals surface area contributed by atoms with Crippen molar-refractivity contribution in [2.75, 3.05) is 14.1 Å². The van der Waals surface area contributed by atoms with E-state index in [1.54, 1.807) is 32.8 Å². The van der Waals surface area contributed by atoms with Crippen LogP contribution in [0.4, 0.5) is 13.2 Å². The van der Waals surface area contributed by atoms with Gasteiger partial charge in [0.25, 0.3) is 0 Å². The number of benzene rings is 1. The molecule has 0 spiro atoms. The average Bonchev–Trinajstić information content (AvgIpc) is 2.28. The fraction of sp³-hybridized carbons (Fsp3) is 0.500. The molecule has 0 aliphatic carbocycles. The zero-order valence-corrected chi connectivity index (χ0v) is 11.5. The molecule has 2 nitrogen and oxygen atoms in total.